The fraction of sp³-hybridized carbons (Fsp3) is 0.200. The lowest BCUT2D eigenvalue weighted by Gasteiger charge is -2.23. The van der Waals surface area contributed by atoms with Crippen LogP contribution in [0.25, 0.3) is 0 Å². The molecule has 4 amide bonds. The number of rotatable bonds is 5. The summed E-state index contributed by atoms with van der Waals surface area (Å²) in [4.78, 5) is 35.6. The van der Waals surface area contributed by atoms with Crippen molar-refractivity contribution in [2.45, 2.75) is 26.3 Å². The molecular weight excluding hydrogens is 394 g/mol. The van der Waals surface area contributed by atoms with Gasteiger partial charge < -0.3 is 16.4 Å². The summed E-state index contributed by atoms with van der Waals surface area (Å²) in [6.45, 7) is 2.14. The number of primary amides is 1. The number of hydrogen-bond donors (Lipinski definition) is 3. The molecule has 0 saturated heterocycles. The largest absolute Gasteiger partial charge is 0.351 e. The smallest absolute Gasteiger partial charge is 0.316 e. The van der Waals surface area contributed by atoms with Crippen LogP contribution >= 0.6 is 11.6 Å². The Morgan fingerprint density at radius 1 is 1.17 bits per heavy atom. The highest BCUT2D eigenvalue weighted by Gasteiger charge is 2.25. The molecule has 4 N–H and O–H groups in total. The number of halogens is 1. The van der Waals surface area contributed by atoms with E-state index in [0.29, 0.717) is 16.4 Å². The number of carbonyl (C=O) groups excluding carboxylic acids is 3. The van der Waals surface area contributed by atoms with Gasteiger partial charge in [0.05, 0.1) is 5.69 Å². The van der Waals surface area contributed by atoms with Crippen LogP contribution in [0.1, 0.15) is 24.0 Å². The standard InChI is InChI=1S/C20H20ClN5O3/c1-12-2-7-15(10-16(12)21)26-18(27)9-8-17(25-26)19(28)23-11-13-3-5-14(6-4-13)24-20(22)29/h2-7,10H,8-9,11H2,1H3,(H,23,28)(H3,22,24,29). The Kier molecular flexibility index (Phi) is 6.13. The fourth-order valence-corrected chi connectivity index (χ4v) is 2.94. The molecule has 1 heterocycles. The molecule has 1 aliphatic rings. The van der Waals surface area contributed by atoms with E-state index in [1.807, 2.05) is 6.92 Å². The molecule has 0 saturated carbocycles. The van der Waals surface area contributed by atoms with Crippen LogP contribution in [0.2, 0.25) is 5.02 Å². The lowest BCUT2D eigenvalue weighted by Crippen LogP contribution is -2.38. The number of nitrogens with two attached hydrogens (primary N) is 1. The predicted molar refractivity (Wildman–Crippen MR) is 112 cm³/mol. The average Bonchev–Trinajstić information content (AvgIpc) is 2.69. The summed E-state index contributed by atoms with van der Waals surface area (Å²) >= 11 is 6.14. The fourth-order valence-electron chi connectivity index (χ4n) is 2.76. The van der Waals surface area contributed by atoms with Crippen molar-refractivity contribution in [2.75, 3.05) is 10.3 Å². The number of hydrazone groups is 1. The average molecular weight is 414 g/mol. The highest BCUT2D eigenvalue weighted by Crippen LogP contribution is 2.26. The number of aryl methyl sites for hydroxylation is 1. The van der Waals surface area contributed by atoms with E-state index in [2.05, 4.69) is 15.7 Å². The summed E-state index contributed by atoms with van der Waals surface area (Å²) in [6, 6.07) is 11.4. The quantitative estimate of drug-likeness (QED) is 0.699. The maximum atomic E-state index is 12.5. The van der Waals surface area contributed by atoms with E-state index < -0.39 is 6.03 Å². The Labute approximate surface area is 172 Å². The van der Waals surface area contributed by atoms with Crippen molar-refractivity contribution in [3.63, 3.8) is 0 Å². The predicted octanol–water partition coefficient (Wildman–Crippen LogP) is 2.94. The van der Waals surface area contributed by atoms with Crippen LogP contribution in [0.4, 0.5) is 16.2 Å². The first kappa shape index (κ1) is 20.3. The molecule has 0 aliphatic carbocycles. The Morgan fingerprint density at radius 3 is 2.55 bits per heavy atom. The van der Waals surface area contributed by atoms with Gasteiger partial charge in [-0.1, -0.05) is 29.8 Å². The zero-order valence-electron chi connectivity index (χ0n) is 15.7. The molecule has 0 radical (unpaired) electrons. The summed E-state index contributed by atoms with van der Waals surface area (Å²) in [6.07, 6.45) is 0.452. The van der Waals surface area contributed by atoms with Gasteiger partial charge in [0.1, 0.15) is 5.71 Å². The molecule has 8 nitrogen and oxygen atoms in total. The third kappa shape index (κ3) is 5.11. The molecular formula is C20H20ClN5O3. The minimum Gasteiger partial charge on any atom is -0.351 e. The number of amides is 4. The number of benzene rings is 2. The maximum absolute atomic E-state index is 12.5. The lowest BCUT2D eigenvalue weighted by atomic mass is 10.1. The summed E-state index contributed by atoms with van der Waals surface area (Å²) in [5.41, 5.74) is 8.15. The van der Waals surface area contributed by atoms with Crippen molar-refractivity contribution in [1.29, 1.82) is 0 Å². The van der Waals surface area contributed by atoms with Gasteiger partial charge in [-0.15, -0.1) is 0 Å². The van der Waals surface area contributed by atoms with Gasteiger partial charge in [0.2, 0.25) is 5.91 Å². The Bertz CT molecular complexity index is 988. The van der Waals surface area contributed by atoms with Gasteiger partial charge in [0.25, 0.3) is 5.91 Å². The van der Waals surface area contributed by atoms with Gasteiger partial charge in [0.15, 0.2) is 0 Å². The molecule has 2 aromatic rings. The molecule has 0 spiro atoms. The summed E-state index contributed by atoms with van der Waals surface area (Å²) in [5.74, 6) is -0.543. The van der Waals surface area contributed by atoms with Crippen LogP contribution in [0.3, 0.4) is 0 Å². The number of hydrogen-bond acceptors (Lipinski definition) is 4. The topological polar surface area (TPSA) is 117 Å². The second-order valence-corrected chi connectivity index (χ2v) is 6.96. The van der Waals surface area contributed by atoms with E-state index in [1.165, 1.54) is 5.01 Å². The minimum absolute atomic E-state index is 0.186. The number of anilines is 2. The molecule has 0 fully saturated rings. The second kappa shape index (κ2) is 8.74. The third-order valence-corrected chi connectivity index (χ3v) is 4.78. The monoisotopic (exact) mass is 413 g/mol. The summed E-state index contributed by atoms with van der Waals surface area (Å²) < 4.78 is 0. The summed E-state index contributed by atoms with van der Waals surface area (Å²) in [5, 5.41) is 11.2. The van der Waals surface area contributed by atoms with Crippen LogP contribution in [-0.4, -0.2) is 23.6 Å². The van der Waals surface area contributed by atoms with Crippen molar-refractivity contribution < 1.29 is 14.4 Å². The van der Waals surface area contributed by atoms with Crippen LogP contribution in [0, 0.1) is 6.92 Å². The lowest BCUT2D eigenvalue weighted by molar-refractivity contribution is -0.119. The van der Waals surface area contributed by atoms with E-state index in [1.54, 1.807) is 42.5 Å². The molecule has 2 aromatic carbocycles. The van der Waals surface area contributed by atoms with E-state index >= 15 is 0 Å². The van der Waals surface area contributed by atoms with Crippen LogP contribution < -0.4 is 21.4 Å². The third-order valence-electron chi connectivity index (χ3n) is 4.37. The molecule has 150 valence electrons. The molecule has 0 unspecified atom stereocenters. The Hall–Kier alpha value is -3.39. The highest BCUT2D eigenvalue weighted by molar-refractivity contribution is 6.40. The number of nitrogens with zero attached hydrogens (tertiary/aromatic N) is 2. The normalized spacial score (nSPS) is 13.7. The molecule has 9 heteroatoms. The Balaban J connectivity index is 1.67. The van der Waals surface area contributed by atoms with Gasteiger partial charge in [-0.05, 0) is 42.3 Å². The number of nitrogens with one attached hydrogen (secondary N) is 2. The first-order valence-electron chi connectivity index (χ1n) is 8.93. The van der Waals surface area contributed by atoms with Crippen LogP contribution in [0.15, 0.2) is 47.6 Å². The van der Waals surface area contributed by atoms with Gasteiger partial charge in [-0.25, -0.2) is 9.80 Å². The number of carbonyl (C=O) groups is 3. The van der Waals surface area contributed by atoms with Gasteiger partial charge in [-0.3, -0.25) is 9.59 Å². The molecule has 0 bridgehead atoms. The maximum Gasteiger partial charge on any atom is 0.316 e. The van der Waals surface area contributed by atoms with Gasteiger partial charge in [0, 0.05) is 30.1 Å². The molecule has 0 atom stereocenters. The van der Waals surface area contributed by atoms with Crippen LogP contribution in [-0.2, 0) is 16.1 Å². The van der Waals surface area contributed by atoms with E-state index in [9.17, 15) is 14.4 Å². The first-order valence-corrected chi connectivity index (χ1v) is 9.31. The van der Waals surface area contributed by atoms with Crippen molar-refractivity contribution in [2.24, 2.45) is 10.8 Å². The number of urea groups is 1. The zero-order valence-corrected chi connectivity index (χ0v) is 16.5. The molecule has 0 aromatic heterocycles. The van der Waals surface area contributed by atoms with E-state index in [4.69, 9.17) is 17.3 Å². The van der Waals surface area contributed by atoms with Crippen molar-refractivity contribution in [3.05, 3.63) is 58.6 Å². The second-order valence-electron chi connectivity index (χ2n) is 6.55. The van der Waals surface area contributed by atoms with Crippen LogP contribution in [0.5, 0.6) is 0 Å². The zero-order chi connectivity index (χ0) is 21.0. The van der Waals surface area contributed by atoms with Gasteiger partial charge >= 0.3 is 6.03 Å². The van der Waals surface area contributed by atoms with E-state index in [-0.39, 0.29) is 36.9 Å². The molecule has 3 rings (SSSR count). The first-order chi connectivity index (χ1) is 13.8. The highest BCUT2D eigenvalue weighted by atomic mass is 35.5. The van der Waals surface area contributed by atoms with Gasteiger partial charge in [-0.2, -0.15) is 5.10 Å². The minimum atomic E-state index is -0.643. The van der Waals surface area contributed by atoms with Crippen molar-refractivity contribution in [1.82, 2.24) is 5.32 Å². The molecule has 1 aliphatic heterocycles. The SMILES string of the molecule is Cc1ccc(N2N=C(C(=O)NCc3ccc(NC(N)=O)cc3)CCC2=O)cc1Cl. The summed E-state index contributed by atoms with van der Waals surface area (Å²) in [7, 11) is 0. The van der Waals surface area contributed by atoms with Crippen molar-refractivity contribution >= 4 is 46.5 Å². The Morgan fingerprint density at radius 2 is 1.90 bits per heavy atom. The van der Waals surface area contributed by atoms with Crippen molar-refractivity contribution in [3.8, 4) is 0 Å². The van der Waals surface area contributed by atoms with E-state index in [0.717, 1.165) is 11.1 Å². The molecule has 29 heavy (non-hydrogen) atoms.